The molecule has 1 saturated heterocycles. The van der Waals surface area contributed by atoms with Crippen molar-refractivity contribution in [1.29, 1.82) is 0 Å². The van der Waals surface area contributed by atoms with Gasteiger partial charge in [-0.2, -0.15) is 0 Å². The molecule has 1 aliphatic heterocycles. The van der Waals surface area contributed by atoms with Crippen molar-refractivity contribution >= 4 is 22.8 Å². The van der Waals surface area contributed by atoms with E-state index < -0.39 is 0 Å². The van der Waals surface area contributed by atoms with E-state index >= 15 is 0 Å². The normalized spacial score (nSPS) is 17.7. The second kappa shape index (κ2) is 6.32. The number of alkyl halides is 1. The van der Waals surface area contributed by atoms with Crippen LogP contribution in [0.15, 0.2) is 12.3 Å². The summed E-state index contributed by atoms with van der Waals surface area (Å²) >= 11 is 5.97. The second-order valence-electron chi connectivity index (χ2n) is 5.99. The van der Waals surface area contributed by atoms with Crippen molar-refractivity contribution in [3.8, 4) is 0 Å². The summed E-state index contributed by atoms with van der Waals surface area (Å²) in [6.45, 7) is 7.86. The van der Waals surface area contributed by atoms with E-state index in [0.29, 0.717) is 11.9 Å². The minimum atomic E-state index is 0.376. The third kappa shape index (κ3) is 2.92. The molecular formula is C16H23ClN4. The van der Waals surface area contributed by atoms with Gasteiger partial charge in [0, 0.05) is 31.1 Å². The monoisotopic (exact) mass is 306 g/mol. The zero-order chi connectivity index (χ0) is 14.8. The molecule has 0 bridgehead atoms. The van der Waals surface area contributed by atoms with E-state index in [1.165, 1.54) is 31.5 Å². The molecule has 4 nitrogen and oxygen atoms in total. The number of nitrogens with zero attached hydrogens (tertiary/aromatic N) is 4. The molecule has 5 heteroatoms. The number of hydrogen-bond acceptors (Lipinski definition) is 3. The standard InChI is InChI=1S/C16H23ClN4/c1-12-6-8-18-16-15(12)19-14(5-7-17)21(16)13(2)11-20-9-3-4-10-20/h6,8,13H,3-5,7,9-11H2,1-2H3. The fourth-order valence-electron chi connectivity index (χ4n) is 3.30. The maximum atomic E-state index is 5.97. The lowest BCUT2D eigenvalue weighted by atomic mass is 10.2. The molecule has 0 aromatic carbocycles. The van der Waals surface area contributed by atoms with Crippen molar-refractivity contribution in [2.75, 3.05) is 25.5 Å². The minimum absolute atomic E-state index is 0.376. The van der Waals surface area contributed by atoms with Gasteiger partial charge in [-0.1, -0.05) is 0 Å². The van der Waals surface area contributed by atoms with E-state index in [1.807, 2.05) is 12.3 Å². The maximum absolute atomic E-state index is 5.97. The van der Waals surface area contributed by atoms with Crippen LogP contribution in [0.25, 0.3) is 11.2 Å². The van der Waals surface area contributed by atoms with Crippen molar-refractivity contribution in [3.05, 3.63) is 23.7 Å². The molecule has 21 heavy (non-hydrogen) atoms. The van der Waals surface area contributed by atoms with Crippen LogP contribution < -0.4 is 0 Å². The molecule has 0 amide bonds. The van der Waals surface area contributed by atoms with E-state index in [2.05, 4.69) is 28.3 Å². The van der Waals surface area contributed by atoms with Gasteiger partial charge in [0.1, 0.15) is 11.3 Å². The molecule has 0 aliphatic carbocycles. The minimum Gasteiger partial charge on any atom is -0.309 e. The first-order valence-electron chi connectivity index (χ1n) is 7.81. The number of hydrogen-bond donors (Lipinski definition) is 0. The lowest BCUT2D eigenvalue weighted by Gasteiger charge is -2.23. The number of halogens is 1. The maximum Gasteiger partial charge on any atom is 0.160 e. The summed E-state index contributed by atoms with van der Waals surface area (Å²) in [6, 6.07) is 2.40. The van der Waals surface area contributed by atoms with Crippen LogP contribution in [0.1, 0.15) is 37.2 Å². The molecule has 2 aromatic rings. The van der Waals surface area contributed by atoms with Crippen LogP contribution in [-0.4, -0.2) is 44.9 Å². The van der Waals surface area contributed by atoms with E-state index in [1.54, 1.807) is 0 Å². The van der Waals surface area contributed by atoms with Crippen LogP contribution in [0.3, 0.4) is 0 Å². The fraction of sp³-hybridized carbons (Fsp3) is 0.625. The number of rotatable bonds is 5. The lowest BCUT2D eigenvalue weighted by molar-refractivity contribution is 0.287. The summed E-state index contributed by atoms with van der Waals surface area (Å²) in [5.74, 6) is 1.66. The zero-order valence-electron chi connectivity index (χ0n) is 12.8. The predicted octanol–water partition coefficient (Wildman–Crippen LogP) is 3.18. The molecule has 1 fully saturated rings. The van der Waals surface area contributed by atoms with Crippen molar-refractivity contribution < 1.29 is 0 Å². The number of aryl methyl sites for hydroxylation is 2. The Bertz CT molecular complexity index is 616. The molecule has 1 aliphatic rings. The lowest BCUT2D eigenvalue weighted by Crippen LogP contribution is -2.28. The number of fused-ring (bicyclic) bond motifs is 1. The van der Waals surface area contributed by atoms with E-state index in [9.17, 15) is 0 Å². The van der Waals surface area contributed by atoms with Crippen molar-refractivity contribution in [1.82, 2.24) is 19.4 Å². The summed E-state index contributed by atoms with van der Waals surface area (Å²) in [4.78, 5) is 11.9. The Kier molecular flexibility index (Phi) is 4.45. The Morgan fingerprint density at radius 1 is 1.33 bits per heavy atom. The highest BCUT2D eigenvalue weighted by molar-refractivity contribution is 6.17. The van der Waals surface area contributed by atoms with Gasteiger partial charge in [-0.3, -0.25) is 0 Å². The summed E-state index contributed by atoms with van der Waals surface area (Å²) < 4.78 is 2.29. The molecular weight excluding hydrogens is 284 g/mol. The third-order valence-corrected chi connectivity index (χ3v) is 4.52. The highest BCUT2D eigenvalue weighted by Crippen LogP contribution is 2.24. The molecule has 3 rings (SSSR count). The molecule has 0 spiro atoms. The Morgan fingerprint density at radius 3 is 2.81 bits per heavy atom. The Labute approximate surface area is 131 Å². The Morgan fingerprint density at radius 2 is 2.10 bits per heavy atom. The van der Waals surface area contributed by atoms with Crippen LogP contribution in [0, 0.1) is 6.92 Å². The molecule has 1 unspecified atom stereocenters. The smallest absolute Gasteiger partial charge is 0.160 e. The first-order valence-corrected chi connectivity index (χ1v) is 8.35. The van der Waals surface area contributed by atoms with E-state index in [0.717, 1.165) is 30.0 Å². The summed E-state index contributed by atoms with van der Waals surface area (Å²) in [6.07, 6.45) is 5.32. The summed E-state index contributed by atoms with van der Waals surface area (Å²) in [5.41, 5.74) is 3.20. The first kappa shape index (κ1) is 14.8. The number of likely N-dealkylation sites (tertiary alicyclic amines) is 1. The highest BCUT2D eigenvalue weighted by Gasteiger charge is 2.21. The zero-order valence-corrected chi connectivity index (χ0v) is 13.6. The van der Waals surface area contributed by atoms with Crippen LogP contribution in [0.2, 0.25) is 0 Å². The summed E-state index contributed by atoms with van der Waals surface area (Å²) in [5, 5.41) is 0. The van der Waals surface area contributed by atoms with Gasteiger partial charge in [0.15, 0.2) is 5.65 Å². The van der Waals surface area contributed by atoms with E-state index in [4.69, 9.17) is 16.6 Å². The molecule has 0 N–H and O–H groups in total. The SMILES string of the molecule is Cc1ccnc2c1nc(CCCl)n2C(C)CN1CCCC1. The number of aromatic nitrogens is 3. The molecule has 2 aromatic heterocycles. The molecule has 0 radical (unpaired) electrons. The van der Waals surface area contributed by atoms with Crippen LogP contribution in [0.4, 0.5) is 0 Å². The number of pyridine rings is 1. The largest absolute Gasteiger partial charge is 0.309 e. The van der Waals surface area contributed by atoms with Gasteiger partial charge in [-0.25, -0.2) is 9.97 Å². The molecule has 1 atom stereocenters. The first-order chi connectivity index (χ1) is 10.2. The average molecular weight is 307 g/mol. The molecule has 3 heterocycles. The van der Waals surface area contributed by atoms with Crippen molar-refractivity contribution in [3.63, 3.8) is 0 Å². The van der Waals surface area contributed by atoms with Gasteiger partial charge in [-0.15, -0.1) is 11.6 Å². The molecule has 114 valence electrons. The fourth-order valence-corrected chi connectivity index (χ4v) is 3.47. The second-order valence-corrected chi connectivity index (χ2v) is 6.37. The van der Waals surface area contributed by atoms with Crippen LogP contribution in [-0.2, 0) is 6.42 Å². The number of imidazole rings is 1. The molecule has 0 saturated carbocycles. The van der Waals surface area contributed by atoms with Gasteiger partial charge < -0.3 is 9.47 Å². The Balaban J connectivity index is 1.97. The Hall–Kier alpha value is -1.13. The van der Waals surface area contributed by atoms with Crippen LogP contribution in [0.5, 0.6) is 0 Å². The van der Waals surface area contributed by atoms with Gasteiger partial charge in [0.25, 0.3) is 0 Å². The summed E-state index contributed by atoms with van der Waals surface area (Å²) in [7, 11) is 0. The highest BCUT2D eigenvalue weighted by atomic mass is 35.5. The quantitative estimate of drug-likeness (QED) is 0.796. The van der Waals surface area contributed by atoms with E-state index in [-0.39, 0.29) is 0 Å². The topological polar surface area (TPSA) is 34.0 Å². The van der Waals surface area contributed by atoms with Crippen molar-refractivity contribution in [2.45, 2.75) is 39.2 Å². The van der Waals surface area contributed by atoms with Crippen LogP contribution >= 0.6 is 11.6 Å². The van der Waals surface area contributed by atoms with Gasteiger partial charge in [0.2, 0.25) is 0 Å². The van der Waals surface area contributed by atoms with Gasteiger partial charge in [-0.05, 0) is 51.4 Å². The van der Waals surface area contributed by atoms with Gasteiger partial charge >= 0.3 is 0 Å². The van der Waals surface area contributed by atoms with Gasteiger partial charge in [0.05, 0.1) is 0 Å². The third-order valence-electron chi connectivity index (χ3n) is 4.33. The predicted molar refractivity (Wildman–Crippen MR) is 87.1 cm³/mol. The average Bonchev–Trinajstić information content (AvgIpc) is 3.07. The van der Waals surface area contributed by atoms with Crippen molar-refractivity contribution in [2.24, 2.45) is 0 Å².